The van der Waals surface area contributed by atoms with Gasteiger partial charge < -0.3 is 10.4 Å². The van der Waals surface area contributed by atoms with Gasteiger partial charge in [0.05, 0.1) is 0 Å². The third-order valence-electron chi connectivity index (χ3n) is 10.1. The van der Waals surface area contributed by atoms with Crippen LogP contribution in [0.5, 0.6) is 5.75 Å². The summed E-state index contributed by atoms with van der Waals surface area (Å²) in [5.41, 5.74) is 9.14. The van der Waals surface area contributed by atoms with Crippen molar-refractivity contribution >= 4 is 23.3 Å². The van der Waals surface area contributed by atoms with Crippen molar-refractivity contribution in [1.82, 2.24) is 0 Å². The second-order valence-corrected chi connectivity index (χ2v) is 14.0. The minimum atomic E-state index is -0.0190. The van der Waals surface area contributed by atoms with Crippen molar-refractivity contribution in [3.63, 3.8) is 0 Å². The summed E-state index contributed by atoms with van der Waals surface area (Å²) in [7, 11) is 0. The fraction of sp³-hybridized carbons (Fsp3) is 0.486. The summed E-state index contributed by atoms with van der Waals surface area (Å²) in [6, 6.07) is 19.4. The number of phenols is 1. The SMILES string of the molecule is CCc1cccc(CC)c1Nc1ccccc1C=Nc1cc(C(C)(C)C)cc(C23CC4CC(CC(C4)C2)C3)c1O. The maximum Gasteiger partial charge on any atom is 0.144 e. The Labute approximate surface area is 241 Å². The molecular formula is C37H46N2O. The molecule has 210 valence electrons. The van der Waals surface area contributed by atoms with E-state index in [4.69, 9.17) is 4.99 Å². The molecule has 0 aromatic heterocycles. The maximum absolute atomic E-state index is 11.8. The smallest absolute Gasteiger partial charge is 0.144 e. The zero-order chi connectivity index (χ0) is 28.1. The molecule has 0 atom stereocenters. The molecule has 0 aliphatic heterocycles. The second kappa shape index (κ2) is 10.4. The van der Waals surface area contributed by atoms with E-state index in [1.165, 1.54) is 66.5 Å². The molecule has 2 N–H and O–H groups in total. The van der Waals surface area contributed by atoms with Gasteiger partial charge >= 0.3 is 0 Å². The average molecular weight is 535 g/mol. The first-order chi connectivity index (χ1) is 19.2. The van der Waals surface area contributed by atoms with E-state index in [0.29, 0.717) is 11.4 Å². The number of nitrogens with one attached hydrogen (secondary N) is 1. The fourth-order valence-corrected chi connectivity index (χ4v) is 8.40. The Morgan fingerprint density at radius 1 is 0.875 bits per heavy atom. The quantitative estimate of drug-likeness (QED) is 0.296. The first-order valence-corrected chi connectivity index (χ1v) is 15.6. The number of rotatable bonds is 7. The van der Waals surface area contributed by atoms with E-state index < -0.39 is 0 Å². The minimum Gasteiger partial charge on any atom is -0.505 e. The van der Waals surface area contributed by atoms with E-state index in [1.807, 2.05) is 6.21 Å². The number of phenolic OH excluding ortho intramolecular Hbond substituents is 1. The largest absolute Gasteiger partial charge is 0.505 e. The van der Waals surface area contributed by atoms with Gasteiger partial charge in [0.1, 0.15) is 11.4 Å². The molecular weight excluding hydrogens is 488 g/mol. The van der Waals surface area contributed by atoms with Crippen molar-refractivity contribution in [3.8, 4) is 5.75 Å². The number of nitrogens with zero attached hydrogens (tertiary/aromatic N) is 1. The topological polar surface area (TPSA) is 44.6 Å². The van der Waals surface area contributed by atoms with Crippen molar-refractivity contribution in [2.24, 2.45) is 22.7 Å². The number of aliphatic imine (C=N–C) groups is 1. The van der Waals surface area contributed by atoms with Crippen LogP contribution < -0.4 is 5.32 Å². The summed E-state index contributed by atoms with van der Waals surface area (Å²) in [4.78, 5) is 5.01. The summed E-state index contributed by atoms with van der Waals surface area (Å²) in [6.07, 6.45) is 11.8. The zero-order valence-electron chi connectivity index (χ0n) is 25.1. The molecule has 0 radical (unpaired) electrons. The maximum atomic E-state index is 11.8. The predicted molar refractivity (Wildman–Crippen MR) is 169 cm³/mol. The lowest BCUT2D eigenvalue weighted by Crippen LogP contribution is -2.48. The van der Waals surface area contributed by atoms with Crippen molar-refractivity contribution in [2.75, 3.05) is 5.32 Å². The van der Waals surface area contributed by atoms with Gasteiger partial charge in [-0.15, -0.1) is 0 Å². The summed E-state index contributed by atoms with van der Waals surface area (Å²) < 4.78 is 0. The molecule has 3 aromatic carbocycles. The Morgan fingerprint density at radius 3 is 2.05 bits per heavy atom. The highest BCUT2D eigenvalue weighted by molar-refractivity contribution is 5.91. The molecule has 40 heavy (non-hydrogen) atoms. The van der Waals surface area contributed by atoms with Gasteiger partial charge in [-0.2, -0.15) is 0 Å². The first kappa shape index (κ1) is 27.1. The number of hydrogen-bond acceptors (Lipinski definition) is 3. The lowest BCUT2D eigenvalue weighted by molar-refractivity contribution is -0.00615. The highest BCUT2D eigenvalue weighted by Gasteiger charge is 2.52. The van der Waals surface area contributed by atoms with Crippen LogP contribution in [0.3, 0.4) is 0 Å². The van der Waals surface area contributed by atoms with Crippen molar-refractivity contribution in [2.45, 2.75) is 96.8 Å². The van der Waals surface area contributed by atoms with E-state index >= 15 is 0 Å². The van der Waals surface area contributed by atoms with E-state index in [0.717, 1.165) is 41.8 Å². The van der Waals surface area contributed by atoms with Gasteiger partial charge in [-0.25, -0.2) is 0 Å². The van der Waals surface area contributed by atoms with Crippen molar-refractivity contribution in [3.05, 3.63) is 82.4 Å². The van der Waals surface area contributed by atoms with Crippen molar-refractivity contribution < 1.29 is 5.11 Å². The van der Waals surface area contributed by atoms with Gasteiger partial charge in [-0.1, -0.05) is 77.1 Å². The molecule has 4 bridgehead atoms. The fourth-order valence-electron chi connectivity index (χ4n) is 8.40. The Hall–Kier alpha value is -3.07. The van der Waals surface area contributed by atoms with Crippen LogP contribution in [0.25, 0.3) is 0 Å². The molecule has 3 heteroatoms. The van der Waals surface area contributed by atoms with Gasteiger partial charge in [0, 0.05) is 28.7 Å². The number of aryl methyl sites for hydroxylation is 2. The highest BCUT2D eigenvalue weighted by atomic mass is 16.3. The lowest BCUT2D eigenvalue weighted by Gasteiger charge is -2.57. The molecule has 3 nitrogen and oxygen atoms in total. The highest BCUT2D eigenvalue weighted by Crippen LogP contribution is 2.62. The third kappa shape index (κ3) is 4.97. The standard InChI is InChI=1S/C37H46N2O/c1-6-27-12-10-13-28(7-2)34(27)39-32-14-9-8-11-29(32)23-38-33-19-30(36(3,4)5)18-31(35(33)40)37-20-24-15-25(21-37)17-26(16-24)22-37/h8-14,18-19,23-26,39-40H,6-7,15-17,20-22H2,1-5H3. The van der Waals surface area contributed by atoms with Crippen LogP contribution in [0.4, 0.5) is 17.1 Å². The average Bonchev–Trinajstić information content (AvgIpc) is 2.91. The molecule has 4 saturated carbocycles. The molecule has 0 spiro atoms. The predicted octanol–water partition coefficient (Wildman–Crippen LogP) is 9.78. The number of benzene rings is 3. The van der Waals surface area contributed by atoms with Crippen LogP contribution in [0.15, 0.2) is 59.6 Å². The van der Waals surface area contributed by atoms with Gasteiger partial charge in [-0.05, 0) is 109 Å². The van der Waals surface area contributed by atoms with Crippen LogP contribution in [0.1, 0.15) is 101 Å². The Bertz CT molecular complexity index is 1370. The lowest BCUT2D eigenvalue weighted by atomic mass is 9.48. The molecule has 0 saturated heterocycles. The Balaban J connectivity index is 1.39. The molecule has 0 unspecified atom stereocenters. The molecule has 3 aromatic rings. The normalized spacial score (nSPS) is 25.6. The number of hydrogen-bond donors (Lipinski definition) is 2. The van der Waals surface area contributed by atoms with Crippen LogP contribution in [-0.4, -0.2) is 11.3 Å². The molecule has 4 aliphatic carbocycles. The van der Waals surface area contributed by atoms with Gasteiger partial charge in [0.25, 0.3) is 0 Å². The second-order valence-electron chi connectivity index (χ2n) is 14.0. The summed E-state index contributed by atoms with van der Waals surface area (Å²) in [5, 5.41) is 15.6. The van der Waals surface area contributed by atoms with Crippen LogP contribution in [-0.2, 0) is 23.7 Å². The number of anilines is 2. The van der Waals surface area contributed by atoms with Gasteiger partial charge in [0.15, 0.2) is 0 Å². The molecule has 4 fully saturated rings. The van der Waals surface area contributed by atoms with E-state index in [9.17, 15) is 5.11 Å². The summed E-state index contributed by atoms with van der Waals surface area (Å²) >= 11 is 0. The first-order valence-electron chi connectivity index (χ1n) is 15.6. The minimum absolute atomic E-state index is 0.0190. The number of aromatic hydroxyl groups is 1. The van der Waals surface area contributed by atoms with E-state index in [-0.39, 0.29) is 10.8 Å². The van der Waals surface area contributed by atoms with Crippen molar-refractivity contribution in [1.29, 1.82) is 0 Å². The molecule has 4 aliphatic rings. The van der Waals surface area contributed by atoms with Crippen LogP contribution >= 0.6 is 0 Å². The third-order valence-corrected chi connectivity index (χ3v) is 10.1. The van der Waals surface area contributed by atoms with E-state index in [1.54, 1.807) is 0 Å². The Morgan fingerprint density at radius 2 is 1.48 bits per heavy atom. The molecule has 7 rings (SSSR count). The number of para-hydroxylation sites is 2. The Kier molecular flexibility index (Phi) is 7.05. The van der Waals surface area contributed by atoms with Gasteiger partial charge in [0.2, 0.25) is 0 Å². The zero-order valence-corrected chi connectivity index (χ0v) is 25.1. The van der Waals surface area contributed by atoms with Crippen LogP contribution in [0.2, 0.25) is 0 Å². The summed E-state index contributed by atoms with van der Waals surface area (Å²) in [5.74, 6) is 2.88. The summed E-state index contributed by atoms with van der Waals surface area (Å²) in [6.45, 7) is 11.2. The van der Waals surface area contributed by atoms with E-state index in [2.05, 4.69) is 94.5 Å². The van der Waals surface area contributed by atoms with Crippen LogP contribution in [0, 0.1) is 17.8 Å². The molecule has 0 heterocycles. The van der Waals surface area contributed by atoms with Gasteiger partial charge in [-0.3, -0.25) is 4.99 Å². The molecule has 0 amide bonds. The monoisotopic (exact) mass is 534 g/mol.